The van der Waals surface area contributed by atoms with Gasteiger partial charge in [-0.2, -0.15) is 0 Å². The van der Waals surface area contributed by atoms with Gasteiger partial charge in [0.1, 0.15) is 10.7 Å². The highest BCUT2D eigenvalue weighted by atomic mass is 32.2. The molecule has 0 aromatic carbocycles. The molecule has 7 nitrogen and oxygen atoms in total. The quantitative estimate of drug-likeness (QED) is 0.844. The van der Waals surface area contributed by atoms with Gasteiger partial charge >= 0.3 is 0 Å². The first-order chi connectivity index (χ1) is 10.0. The molecular formula is C13H17N5O2S. The van der Waals surface area contributed by atoms with Crippen LogP contribution < -0.4 is 10.0 Å². The molecule has 112 valence electrons. The molecule has 2 aromatic heterocycles. The Morgan fingerprint density at radius 2 is 1.90 bits per heavy atom. The standard InChI is InChI=1S/C13H17N5O2S/c1-3-7-14-13-15-8-11(9-16-13)21(19,20)18-12-6-4-5-10(2)17-12/h4-6,8-9H,3,7H2,1-2H3,(H,17,18)(H,14,15,16). The van der Waals surface area contributed by atoms with E-state index in [0.717, 1.165) is 18.7 Å². The fourth-order valence-corrected chi connectivity index (χ4v) is 2.47. The number of nitrogens with zero attached hydrogens (tertiary/aromatic N) is 3. The van der Waals surface area contributed by atoms with Crippen LogP contribution in [0.2, 0.25) is 0 Å². The van der Waals surface area contributed by atoms with Crippen molar-refractivity contribution in [2.45, 2.75) is 25.2 Å². The van der Waals surface area contributed by atoms with E-state index < -0.39 is 10.0 Å². The summed E-state index contributed by atoms with van der Waals surface area (Å²) < 4.78 is 26.8. The van der Waals surface area contributed by atoms with Gasteiger partial charge in [-0.05, 0) is 25.5 Å². The summed E-state index contributed by atoms with van der Waals surface area (Å²) in [5.41, 5.74) is 0.727. The SMILES string of the molecule is CCCNc1ncc(S(=O)(=O)Nc2cccc(C)n2)cn1. The van der Waals surface area contributed by atoms with Crippen molar-refractivity contribution in [3.05, 3.63) is 36.3 Å². The van der Waals surface area contributed by atoms with Gasteiger partial charge < -0.3 is 5.32 Å². The maximum atomic E-state index is 12.2. The predicted octanol–water partition coefficient (Wildman–Crippen LogP) is 1.80. The normalized spacial score (nSPS) is 11.1. The highest BCUT2D eigenvalue weighted by Crippen LogP contribution is 2.13. The number of pyridine rings is 1. The van der Waals surface area contributed by atoms with Gasteiger partial charge in [-0.3, -0.25) is 4.72 Å². The van der Waals surface area contributed by atoms with Gasteiger partial charge in [0.2, 0.25) is 5.95 Å². The molecule has 0 atom stereocenters. The maximum absolute atomic E-state index is 12.2. The minimum absolute atomic E-state index is 0.00662. The smallest absolute Gasteiger partial charge is 0.266 e. The van der Waals surface area contributed by atoms with Crippen LogP contribution in [0, 0.1) is 6.92 Å². The Morgan fingerprint density at radius 3 is 2.52 bits per heavy atom. The molecular weight excluding hydrogens is 290 g/mol. The van der Waals surface area contributed by atoms with Gasteiger partial charge in [0, 0.05) is 12.2 Å². The molecule has 0 fully saturated rings. The van der Waals surface area contributed by atoms with Crippen LogP contribution in [0.25, 0.3) is 0 Å². The number of hydrogen-bond acceptors (Lipinski definition) is 6. The van der Waals surface area contributed by atoms with Gasteiger partial charge in [-0.1, -0.05) is 13.0 Å². The number of nitrogens with one attached hydrogen (secondary N) is 2. The molecule has 2 rings (SSSR count). The zero-order chi connectivity index (χ0) is 15.3. The van der Waals surface area contributed by atoms with Crippen molar-refractivity contribution >= 4 is 21.8 Å². The topological polar surface area (TPSA) is 96.9 Å². The first kappa shape index (κ1) is 15.2. The van der Waals surface area contributed by atoms with E-state index in [-0.39, 0.29) is 10.7 Å². The maximum Gasteiger partial charge on any atom is 0.266 e. The van der Waals surface area contributed by atoms with Crippen LogP contribution in [0.5, 0.6) is 0 Å². The first-order valence-electron chi connectivity index (χ1n) is 6.53. The van der Waals surface area contributed by atoms with E-state index >= 15 is 0 Å². The molecule has 0 aliphatic carbocycles. The van der Waals surface area contributed by atoms with Crippen molar-refractivity contribution in [2.75, 3.05) is 16.6 Å². The van der Waals surface area contributed by atoms with E-state index in [0.29, 0.717) is 5.95 Å². The molecule has 21 heavy (non-hydrogen) atoms. The zero-order valence-electron chi connectivity index (χ0n) is 11.9. The molecule has 2 heterocycles. The summed E-state index contributed by atoms with van der Waals surface area (Å²) in [7, 11) is -3.73. The molecule has 0 saturated heterocycles. The number of anilines is 2. The highest BCUT2D eigenvalue weighted by molar-refractivity contribution is 7.92. The fourth-order valence-electron chi connectivity index (χ4n) is 1.58. The third-order valence-electron chi connectivity index (χ3n) is 2.60. The molecule has 0 spiro atoms. The van der Waals surface area contributed by atoms with E-state index in [1.54, 1.807) is 25.1 Å². The number of sulfonamides is 1. The Balaban J connectivity index is 2.15. The third-order valence-corrected chi connectivity index (χ3v) is 3.91. The lowest BCUT2D eigenvalue weighted by Crippen LogP contribution is -2.15. The Morgan fingerprint density at radius 1 is 1.19 bits per heavy atom. The predicted molar refractivity (Wildman–Crippen MR) is 80.6 cm³/mol. The van der Waals surface area contributed by atoms with Gasteiger partial charge in [-0.15, -0.1) is 0 Å². The summed E-state index contributed by atoms with van der Waals surface area (Å²) in [6.45, 7) is 4.54. The summed E-state index contributed by atoms with van der Waals surface area (Å²) in [6.07, 6.45) is 3.47. The van der Waals surface area contributed by atoms with Crippen LogP contribution in [-0.2, 0) is 10.0 Å². The van der Waals surface area contributed by atoms with Crippen molar-refractivity contribution in [1.82, 2.24) is 15.0 Å². The summed E-state index contributed by atoms with van der Waals surface area (Å²) >= 11 is 0. The molecule has 0 radical (unpaired) electrons. The van der Waals surface area contributed by atoms with E-state index in [4.69, 9.17) is 0 Å². The number of hydrogen-bond donors (Lipinski definition) is 2. The summed E-state index contributed by atoms with van der Waals surface area (Å²) in [6, 6.07) is 5.10. The van der Waals surface area contributed by atoms with E-state index in [9.17, 15) is 8.42 Å². The van der Waals surface area contributed by atoms with Gasteiger partial charge in [0.15, 0.2) is 0 Å². The lowest BCUT2D eigenvalue weighted by atomic mass is 10.4. The molecule has 2 aromatic rings. The second-order valence-electron chi connectivity index (χ2n) is 4.44. The summed E-state index contributed by atoms with van der Waals surface area (Å²) in [5, 5.41) is 2.98. The second kappa shape index (κ2) is 6.49. The van der Waals surface area contributed by atoms with Crippen LogP contribution >= 0.6 is 0 Å². The van der Waals surface area contributed by atoms with Crippen LogP contribution in [0.3, 0.4) is 0 Å². The van der Waals surface area contributed by atoms with Crippen LogP contribution in [0.4, 0.5) is 11.8 Å². The average molecular weight is 307 g/mol. The van der Waals surface area contributed by atoms with Crippen molar-refractivity contribution in [2.24, 2.45) is 0 Å². The minimum atomic E-state index is -3.73. The number of aromatic nitrogens is 3. The molecule has 0 saturated carbocycles. The second-order valence-corrected chi connectivity index (χ2v) is 6.12. The summed E-state index contributed by atoms with van der Waals surface area (Å²) in [5.74, 6) is 0.674. The lowest BCUT2D eigenvalue weighted by molar-refractivity contribution is 0.600. The molecule has 0 amide bonds. The van der Waals surface area contributed by atoms with E-state index in [1.165, 1.54) is 12.4 Å². The van der Waals surface area contributed by atoms with Crippen LogP contribution in [-0.4, -0.2) is 29.9 Å². The summed E-state index contributed by atoms with van der Waals surface area (Å²) in [4.78, 5) is 12.1. The zero-order valence-corrected chi connectivity index (χ0v) is 12.7. The third kappa shape index (κ3) is 4.12. The Hall–Kier alpha value is -2.22. The largest absolute Gasteiger partial charge is 0.354 e. The molecule has 0 bridgehead atoms. The Kier molecular flexibility index (Phi) is 4.69. The van der Waals surface area contributed by atoms with E-state index in [1.807, 2.05) is 6.92 Å². The number of aryl methyl sites for hydroxylation is 1. The Labute approximate surface area is 123 Å². The molecule has 8 heteroatoms. The Bertz CT molecular complexity index is 701. The van der Waals surface area contributed by atoms with Crippen LogP contribution in [0.1, 0.15) is 19.0 Å². The van der Waals surface area contributed by atoms with Gasteiger partial charge in [0.05, 0.1) is 12.4 Å². The number of rotatable bonds is 6. The lowest BCUT2D eigenvalue weighted by Gasteiger charge is -2.08. The van der Waals surface area contributed by atoms with Crippen LogP contribution in [0.15, 0.2) is 35.5 Å². The monoisotopic (exact) mass is 307 g/mol. The minimum Gasteiger partial charge on any atom is -0.354 e. The molecule has 2 N–H and O–H groups in total. The highest BCUT2D eigenvalue weighted by Gasteiger charge is 2.16. The van der Waals surface area contributed by atoms with E-state index in [2.05, 4.69) is 25.0 Å². The first-order valence-corrected chi connectivity index (χ1v) is 8.02. The molecule has 0 aliphatic rings. The van der Waals surface area contributed by atoms with Gasteiger partial charge in [-0.25, -0.2) is 23.4 Å². The van der Waals surface area contributed by atoms with Crippen molar-refractivity contribution in [3.63, 3.8) is 0 Å². The van der Waals surface area contributed by atoms with Crippen molar-refractivity contribution < 1.29 is 8.42 Å². The molecule has 0 aliphatic heterocycles. The van der Waals surface area contributed by atoms with Crippen molar-refractivity contribution in [3.8, 4) is 0 Å². The fraction of sp³-hybridized carbons (Fsp3) is 0.308. The van der Waals surface area contributed by atoms with Crippen molar-refractivity contribution in [1.29, 1.82) is 0 Å². The van der Waals surface area contributed by atoms with Gasteiger partial charge in [0.25, 0.3) is 10.0 Å². The average Bonchev–Trinajstić information content (AvgIpc) is 2.45. The molecule has 0 unspecified atom stereocenters.